The number of hydrogen-bond donors (Lipinski definition) is 0. The van der Waals surface area contributed by atoms with Crippen LogP contribution in [0.5, 0.6) is 0 Å². The second-order valence-electron chi connectivity index (χ2n) is 6.14. The van der Waals surface area contributed by atoms with E-state index in [-0.39, 0.29) is 6.10 Å². The Labute approximate surface area is 136 Å². The molecule has 3 heterocycles. The minimum atomic E-state index is 0.287. The van der Waals surface area contributed by atoms with Crippen molar-refractivity contribution in [2.75, 3.05) is 6.61 Å². The van der Waals surface area contributed by atoms with Crippen LogP contribution in [0.15, 0.2) is 48.7 Å². The summed E-state index contributed by atoms with van der Waals surface area (Å²) in [5.41, 5.74) is 3.19. The number of benzene rings is 1. The molecule has 3 aromatic rings. The number of aromatic nitrogens is 3. The summed E-state index contributed by atoms with van der Waals surface area (Å²) in [5.74, 6) is 1.08. The molecule has 1 aliphatic rings. The second kappa shape index (κ2) is 6.50. The van der Waals surface area contributed by atoms with Gasteiger partial charge in [-0.25, -0.2) is 9.97 Å². The highest BCUT2D eigenvalue weighted by Gasteiger charge is 2.19. The smallest absolute Gasteiger partial charge is 0.160 e. The topological polar surface area (TPSA) is 39.9 Å². The van der Waals surface area contributed by atoms with Gasteiger partial charge in [-0.15, -0.1) is 0 Å². The quantitative estimate of drug-likeness (QED) is 0.739. The summed E-state index contributed by atoms with van der Waals surface area (Å²) in [6.07, 6.45) is 6.55. The molecule has 0 spiro atoms. The van der Waals surface area contributed by atoms with Crippen LogP contribution in [0.3, 0.4) is 0 Å². The van der Waals surface area contributed by atoms with Crippen molar-refractivity contribution in [1.29, 1.82) is 0 Å². The van der Waals surface area contributed by atoms with Crippen LogP contribution < -0.4 is 0 Å². The van der Waals surface area contributed by atoms with Gasteiger partial charge in [0.15, 0.2) is 5.65 Å². The fourth-order valence-corrected chi connectivity index (χ4v) is 3.27. The molecule has 0 N–H and O–H groups in total. The third kappa shape index (κ3) is 3.13. The van der Waals surface area contributed by atoms with Gasteiger partial charge in [-0.3, -0.25) is 0 Å². The summed E-state index contributed by atoms with van der Waals surface area (Å²) in [5, 5.41) is 0. The summed E-state index contributed by atoms with van der Waals surface area (Å²) >= 11 is 0. The summed E-state index contributed by atoms with van der Waals surface area (Å²) in [7, 11) is 0. The zero-order valence-electron chi connectivity index (χ0n) is 13.2. The molecule has 1 unspecified atom stereocenters. The second-order valence-corrected chi connectivity index (χ2v) is 6.14. The molecule has 0 radical (unpaired) electrons. The van der Waals surface area contributed by atoms with Crippen molar-refractivity contribution in [3.8, 4) is 0 Å². The van der Waals surface area contributed by atoms with E-state index in [9.17, 15) is 0 Å². The molecule has 1 atom stereocenters. The van der Waals surface area contributed by atoms with Gasteiger partial charge in [0.05, 0.1) is 12.6 Å². The van der Waals surface area contributed by atoms with Gasteiger partial charge in [-0.1, -0.05) is 30.3 Å². The standard InChI is InChI=1S/C19H21N3O/c1-2-7-15(8-3-1)14-22-18(13-16-9-4-5-12-23-16)21-17-10-6-11-20-19(17)22/h1-3,6-8,10-11,16H,4-5,9,12-14H2. The van der Waals surface area contributed by atoms with Crippen LogP contribution in [0.4, 0.5) is 0 Å². The van der Waals surface area contributed by atoms with E-state index >= 15 is 0 Å². The number of nitrogens with zero attached hydrogens (tertiary/aromatic N) is 3. The molecular weight excluding hydrogens is 286 g/mol. The van der Waals surface area contributed by atoms with Crippen LogP contribution in [-0.2, 0) is 17.7 Å². The van der Waals surface area contributed by atoms with Crippen molar-refractivity contribution < 1.29 is 4.74 Å². The predicted molar refractivity (Wildman–Crippen MR) is 90.4 cm³/mol. The van der Waals surface area contributed by atoms with Crippen LogP contribution in [0.25, 0.3) is 11.2 Å². The number of pyridine rings is 1. The van der Waals surface area contributed by atoms with Crippen molar-refractivity contribution in [2.24, 2.45) is 0 Å². The van der Waals surface area contributed by atoms with Crippen LogP contribution in [0.2, 0.25) is 0 Å². The minimum Gasteiger partial charge on any atom is -0.378 e. The minimum absolute atomic E-state index is 0.287. The van der Waals surface area contributed by atoms with Crippen molar-refractivity contribution in [1.82, 2.24) is 14.5 Å². The Bertz CT molecular complexity index is 776. The number of fused-ring (bicyclic) bond motifs is 1. The molecule has 4 rings (SSSR count). The maximum atomic E-state index is 5.91. The molecule has 0 bridgehead atoms. The van der Waals surface area contributed by atoms with Gasteiger partial charge in [0.1, 0.15) is 11.3 Å². The normalized spacial score (nSPS) is 18.3. The van der Waals surface area contributed by atoms with E-state index < -0.39 is 0 Å². The highest BCUT2D eigenvalue weighted by Crippen LogP contribution is 2.21. The molecule has 1 saturated heterocycles. The molecular formula is C19H21N3O. The Balaban J connectivity index is 1.69. The van der Waals surface area contributed by atoms with Gasteiger partial charge in [0.25, 0.3) is 0 Å². The van der Waals surface area contributed by atoms with Crippen LogP contribution >= 0.6 is 0 Å². The lowest BCUT2D eigenvalue weighted by molar-refractivity contribution is 0.0153. The van der Waals surface area contributed by atoms with Gasteiger partial charge < -0.3 is 9.30 Å². The van der Waals surface area contributed by atoms with Crippen LogP contribution in [-0.4, -0.2) is 27.2 Å². The highest BCUT2D eigenvalue weighted by atomic mass is 16.5. The van der Waals surface area contributed by atoms with Gasteiger partial charge in [-0.05, 0) is 37.0 Å². The van der Waals surface area contributed by atoms with E-state index in [0.717, 1.165) is 43.0 Å². The molecule has 0 aliphatic carbocycles. The molecule has 0 saturated carbocycles. The first-order valence-electron chi connectivity index (χ1n) is 8.36. The SMILES string of the molecule is c1ccc(Cn2c(CC3CCCCO3)nc3cccnc32)cc1. The summed E-state index contributed by atoms with van der Waals surface area (Å²) in [6, 6.07) is 14.5. The first-order valence-corrected chi connectivity index (χ1v) is 8.36. The summed E-state index contributed by atoms with van der Waals surface area (Å²) in [4.78, 5) is 9.37. The van der Waals surface area contributed by atoms with E-state index in [2.05, 4.69) is 33.8 Å². The Hall–Kier alpha value is -2.20. The first-order chi connectivity index (χ1) is 11.4. The van der Waals surface area contributed by atoms with Crippen LogP contribution in [0.1, 0.15) is 30.7 Å². The molecule has 4 heteroatoms. The van der Waals surface area contributed by atoms with E-state index in [1.54, 1.807) is 0 Å². The lowest BCUT2D eigenvalue weighted by atomic mass is 10.1. The lowest BCUT2D eigenvalue weighted by Crippen LogP contribution is -2.23. The summed E-state index contributed by atoms with van der Waals surface area (Å²) in [6.45, 7) is 1.68. The number of hydrogen-bond acceptors (Lipinski definition) is 3. The third-order valence-electron chi connectivity index (χ3n) is 4.45. The van der Waals surface area contributed by atoms with Gasteiger partial charge in [0.2, 0.25) is 0 Å². The monoisotopic (exact) mass is 307 g/mol. The zero-order chi connectivity index (χ0) is 15.5. The molecule has 118 valence electrons. The number of rotatable bonds is 4. The third-order valence-corrected chi connectivity index (χ3v) is 4.45. The molecule has 2 aromatic heterocycles. The van der Waals surface area contributed by atoms with Crippen molar-refractivity contribution in [3.05, 3.63) is 60.0 Å². The number of imidazole rings is 1. The van der Waals surface area contributed by atoms with E-state index in [1.165, 1.54) is 18.4 Å². The Kier molecular flexibility index (Phi) is 4.07. The number of ether oxygens (including phenoxy) is 1. The maximum absolute atomic E-state index is 5.91. The van der Waals surface area contributed by atoms with Gasteiger partial charge in [-0.2, -0.15) is 0 Å². The zero-order valence-corrected chi connectivity index (χ0v) is 13.2. The fourth-order valence-electron chi connectivity index (χ4n) is 3.27. The average molecular weight is 307 g/mol. The van der Waals surface area contributed by atoms with Crippen molar-refractivity contribution >= 4 is 11.2 Å². The van der Waals surface area contributed by atoms with Crippen molar-refractivity contribution in [2.45, 2.75) is 38.3 Å². The van der Waals surface area contributed by atoms with Gasteiger partial charge in [0, 0.05) is 19.2 Å². The molecule has 0 amide bonds. The lowest BCUT2D eigenvalue weighted by Gasteiger charge is -2.22. The molecule has 23 heavy (non-hydrogen) atoms. The van der Waals surface area contributed by atoms with E-state index in [0.29, 0.717) is 0 Å². The molecule has 4 nitrogen and oxygen atoms in total. The first kappa shape index (κ1) is 14.4. The average Bonchev–Trinajstić information content (AvgIpc) is 2.94. The largest absolute Gasteiger partial charge is 0.378 e. The maximum Gasteiger partial charge on any atom is 0.160 e. The summed E-state index contributed by atoms with van der Waals surface area (Å²) < 4.78 is 8.15. The Morgan fingerprint density at radius 2 is 2.00 bits per heavy atom. The van der Waals surface area contributed by atoms with Crippen molar-refractivity contribution in [3.63, 3.8) is 0 Å². The molecule has 1 aromatic carbocycles. The fraction of sp³-hybridized carbons (Fsp3) is 0.368. The Morgan fingerprint density at radius 3 is 2.83 bits per heavy atom. The highest BCUT2D eigenvalue weighted by molar-refractivity contribution is 5.71. The van der Waals surface area contributed by atoms with E-state index in [4.69, 9.17) is 9.72 Å². The predicted octanol–water partition coefficient (Wildman–Crippen LogP) is 3.59. The van der Waals surface area contributed by atoms with Crippen LogP contribution in [0, 0.1) is 0 Å². The van der Waals surface area contributed by atoms with E-state index in [1.807, 2.05) is 24.4 Å². The Morgan fingerprint density at radius 1 is 1.09 bits per heavy atom. The van der Waals surface area contributed by atoms with Gasteiger partial charge >= 0.3 is 0 Å². The molecule has 1 fully saturated rings. The molecule has 1 aliphatic heterocycles.